The van der Waals surface area contributed by atoms with E-state index in [2.05, 4.69) is 55.8 Å². The van der Waals surface area contributed by atoms with E-state index in [-0.39, 0.29) is 6.04 Å². The molecule has 0 spiro atoms. The molecule has 0 aliphatic heterocycles. The van der Waals surface area contributed by atoms with Crippen LogP contribution in [0.5, 0.6) is 0 Å². The second kappa shape index (κ2) is 8.10. The van der Waals surface area contributed by atoms with Gasteiger partial charge in [0.05, 0.1) is 38.5 Å². The van der Waals surface area contributed by atoms with Crippen molar-refractivity contribution in [1.29, 1.82) is 0 Å². The molecular formula is C27H21N9S. The minimum Gasteiger partial charge on any atom is -0.383 e. The third-order valence-electron chi connectivity index (χ3n) is 6.69. The van der Waals surface area contributed by atoms with Crippen LogP contribution in [0.3, 0.4) is 0 Å². The number of anilines is 2. The highest BCUT2D eigenvalue weighted by molar-refractivity contribution is 7.22. The lowest BCUT2D eigenvalue weighted by molar-refractivity contribution is 0.631. The lowest BCUT2D eigenvalue weighted by Gasteiger charge is -2.13. The fourth-order valence-corrected chi connectivity index (χ4v) is 5.66. The number of nitrogen functional groups attached to an aromatic ring is 2. The third-order valence-corrected chi connectivity index (χ3v) is 7.56. The van der Waals surface area contributed by atoms with Gasteiger partial charge in [0.25, 0.3) is 0 Å². The zero-order chi connectivity index (χ0) is 25.1. The van der Waals surface area contributed by atoms with Gasteiger partial charge in [0.1, 0.15) is 17.8 Å². The molecule has 0 saturated carbocycles. The standard InChI is InChI=1S/C27H21N9S/c1-15(24-18-4-2-3-5-21(18)36(34-24)17-8-10-30-11-9-17)35-13-19(23-25(28)31-14-32-26(23)35)16-6-7-22-20(12-16)33-27(29)37-22/h2-15H,1H3,(H2,29,33)(H2,28,31,32). The van der Waals surface area contributed by atoms with Crippen LogP contribution in [0.1, 0.15) is 18.7 Å². The van der Waals surface area contributed by atoms with Gasteiger partial charge in [0, 0.05) is 29.5 Å². The number of nitrogens with two attached hydrogens (primary N) is 2. The molecule has 2 aromatic carbocycles. The Morgan fingerprint density at radius 3 is 2.68 bits per heavy atom. The molecule has 180 valence electrons. The minimum absolute atomic E-state index is 0.141. The summed E-state index contributed by atoms with van der Waals surface area (Å²) in [5.41, 5.74) is 18.8. The third kappa shape index (κ3) is 3.34. The van der Waals surface area contributed by atoms with Crippen molar-refractivity contribution in [2.45, 2.75) is 13.0 Å². The van der Waals surface area contributed by atoms with Crippen LogP contribution in [0, 0.1) is 0 Å². The first-order chi connectivity index (χ1) is 18.1. The maximum absolute atomic E-state index is 6.41. The maximum Gasteiger partial charge on any atom is 0.181 e. The summed E-state index contributed by atoms with van der Waals surface area (Å²) in [6.45, 7) is 2.12. The molecule has 0 fully saturated rings. The summed E-state index contributed by atoms with van der Waals surface area (Å²) >= 11 is 1.47. The molecule has 0 bridgehead atoms. The Bertz CT molecular complexity index is 1930. The number of nitrogens with zero attached hydrogens (tertiary/aromatic N) is 7. The van der Waals surface area contributed by atoms with E-state index in [4.69, 9.17) is 16.6 Å². The van der Waals surface area contributed by atoms with Gasteiger partial charge in [-0.3, -0.25) is 4.98 Å². The first kappa shape index (κ1) is 21.5. The van der Waals surface area contributed by atoms with Crippen LogP contribution in [0.4, 0.5) is 10.9 Å². The van der Waals surface area contributed by atoms with Crippen molar-refractivity contribution in [3.8, 4) is 16.8 Å². The summed E-state index contributed by atoms with van der Waals surface area (Å²) in [5.74, 6) is 0.427. The van der Waals surface area contributed by atoms with Gasteiger partial charge in [-0.05, 0) is 42.8 Å². The molecule has 1 unspecified atom stereocenters. The largest absolute Gasteiger partial charge is 0.383 e. The Morgan fingerprint density at radius 2 is 1.81 bits per heavy atom. The number of aromatic nitrogens is 7. The van der Waals surface area contributed by atoms with E-state index in [0.29, 0.717) is 10.9 Å². The van der Waals surface area contributed by atoms with E-state index < -0.39 is 0 Å². The van der Waals surface area contributed by atoms with Gasteiger partial charge < -0.3 is 16.0 Å². The zero-order valence-electron chi connectivity index (χ0n) is 19.8. The highest BCUT2D eigenvalue weighted by Crippen LogP contribution is 2.38. The Labute approximate surface area is 215 Å². The molecule has 0 amide bonds. The van der Waals surface area contributed by atoms with Crippen molar-refractivity contribution in [2.75, 3.05) is 11.5 Å². The lowest BCUT2D eigenvalue weighted by Crippen LogP contribution is -2.08. The fraction of sp³-hybridized carbons (Fsp3) is 0.0741. The number of benzene rings is 2. The zero-order valence-corrected chi connectivity index (χ0v) is 20.6. The normalized spacial score (nSPS) is 12.6. The SMILES string of the molecule is CC(c1nn(-c2ccncc2)c2ccccc12)n1cc(-c2ccc3sc(N)nc3c2)c2c(N)ncnc21. The van der Waals surface area contributed by atoms with Crippen molar-refractivity contribution in [2.24, 2.45) is 0 Å². The van der Waals surface area contributed by atoms with E-state index >= 15 is 0 Å². The summed E-state index contributed by atoms with van der Waals surface area (Å²) in [6, 6.07) is 18.1. The maximum atomic E-state index is 6.41. The van der Waals surface area contributed by atoms with Crippen LogP contribution in [-0.2, 0) is 0 Å². The highest BCUT2D eigenvalue weighted by Gasteiger charge is 2.23. The van der Waals surface area contributed by atoms with Gasteiger partial charge in [-0.25, -0.2) is 19.6 Å². The van der Waals surface area contributed by atoms with Gasteiger partial charge >= 0.3 is 0 Å². The van der Waals surface area contributed by atoms with Crippen molar-refractivity contribution in [3.05, 3.63) is 85.2 Å². The Balaban J connectivity index is 1.44. The number of thiazole rings is 1. The predicted octanol–water partition coefficient (Wildman–Crippen LogP) is 5.22. The molecule has 9 nitrogen and oxygen atoms in total. The smallest absolute Gasteiger partial charge is 0.181 e. The average Bonchev–Trinajstić information content (AvgIpc) is 3.61. The Morgan fingerprint density at radius 1 is 0.973 bits per heavy atom. The number of para-hydroxylation sites is 1. The van der Waals surface area contributed by atoms with Crippen LogP contribution in [0.15, 0.2) is 79.5 Å². The van der Waals surface area contributed by atoms with E-state index in [0.717, 1.165) is 54.7 Å². The second-order valence-corrected chi connectivity index (χ2v) is 9.90. The Kier molecular flexibility index (Phi) is 4.70. The summed E-state index contributed by atoms with van der Waals surface area (Å²) in [6.07, 6.45) is 7.13. The quantitative estimate of drug-likeness (QED) is 0.337. The number of fused-ring (bicyclic) bond motifs is 3. The van der Waals surface area contributed by atoms with Gasteiger partial charge in [-0.2, -0.15) is 5.10 Å². The molecule has 7 aromatic rings. The molecule has 4 N–H and O–H groups in total. The first-order valence-corrected chi connectivity index (χ1v) is 12.6. The van der Waals surface area contributed by atoms with Crippen molar-refractivity contribution < 1.29 is 0 Å². The molecule has 5 heterocycles. The van der Waals surface area contributed by atoms with E-state index in [9.17, 15) is 0 Å². The molecule has 0 radical (unpaired) electrons. The first-order valence-electron chi connectivity index (χ1n) is 11.7. The highest BCUT2D eigenvalue weighted by atomic mass is 32.1. The number of hydrogen-bond acceptors (Lipinski definition) is 8. The van der Waals surface area contributed by atoms with Gasteiger partial charge in [-0.1, -0.05) is 35.6 Å². The topological polar surface area (TPSA) is 126 Å². The van der Waals surface area contributed by atoms with Gasteiger partial charge in [-0.15, -0.1) is 0 Å². The molecule has 7 rings (SSSR count). The number of rotatable bonds is 4. The monoisotopic (exact) mass is 503 g/mol. The minimum atomic E-state index is -0.141. The Hall–Kier alpha value is -4.83. The molecule has 0 aliphatic carbocycles. The lowest BCUT2D eigenvalue weighted by atomic mass is 10.1. The summed E-state index contributed by atoms with van der Waals surface area (Å²) in [7, 11) is 0. The van der Waals surface area contributed by atoms with Crippen molar-refractivity contribution in [1.82, 2.24) is 34.3 Å². The molecule has 10 heteroatoms. The van der Waals surface area contributed by atoms with Crippen LogP contribution in [0.25, 0.3) is 49.0 Å². The number of hydrogen-bond donors (Lipinski definition) is 2. The fourth-order valence-electron chi connectivity index (χ4n) is 4.95. The number of pyridine rings is 1. The second-order valence-electron chi connectivity index (χ2n) is 8.84. The predicted molar refractivity (Wildman–Crippen MR) is 148 cm³/mol. The van der Waals surface area contributed by atoms with Crippen LogP contribution < -0.4 is 11.5 Å². The van der Waals surface area contributed by atoms with E-state index in [1.165, 1.54) is 17.7 Å². The van der Waals surface area contributed by atoms with Crippen LogP contribution >= 0.6 is 11.3 Å². The van der Waals surface area contributed by atoms with Gasteiger partial charge in [0.15, 0.2) is 5.13 Å². The summed E-state index contributed by atoms with van der Waals surface area (Å²) < 4.78 is 5.11. The van der Waals surface area contributed by atoms with Gasteiger partial charge in [0.2, 0.25) is 0 Å². The molecule has 37 heavy (non-hydrogen) atoms. The average molecular weight is 504 g/mol. The van der Waals surface area contributed by atoms with Crippen LogP contribution in [-0.4, -0.2) is 34.3 Å². The van der Waals surface area contributed by atoms with Crippen molar-refractivity contribution in [3.63, 3.8) is 0 Å². The molecular weight excluding hydrogens is 482 g/mol. The molecule has 1 atom stereocenters. The summed E-state index contributed by atoms with van der Waals surface area (Å²) in [5, 5.41) is 7.47. The van der Waals surface area contributed by atoms with Crippen LogP contribution in [0.2, 0.25) is 0 Å². The molecule has 5 aromatic heterocycles. The molecule has 0 aliphatic rings. The molecule has 0 saturated heterocycles. The van der Waals surface area contributed by atoms with Crippen molar-refractivity contribution >= 4 is 54.4 Å². The van der Waals surface area contributed by atoms with E-state index in [1.54, 1.807) is 12.4 Å². The summed E-state index contributed by atoms with van der Waals surface area (Å²) in [4.78, 5) is 17.6. The van der Waals surface area contributed by atoms with E-state index in [1.807, 2.05) is 41.1 Å².